The highest BCUT2D eigenvalue weighted by atomic mass is 32.1. The van der Waals surface area contributed by atoms with E-state index in [0.717, 1.165) is 18.6 Å². The van der Waals surface area contributed by atoms with Crippen molar-refractivity contribution in [2.75, 3.05) is 26.9 Å². The van der Waals surface area contributed by atoms with Crippen LogP contribution in [0.2, 0.25) is 0 Å². The number of hydrogen-bond acceptors (Lipinski definition) is 4. The molecule has 0 radical (unpaired) electrons. The Balaban J connectivity index is 2.46. The number of benzene rings is 1. The van der Waals surface area contributed by atoms with Crippen molar-refractivity contribution < 1.29 is 23.0 Å². The lowest BCUT2D eigenvalue weighted by atomic mass is 9.94. The maximum Gasteiger partial charge on any atom is 0.338 e. The molecular weight excluding hydrogens is 362 g/mol. The summed E-state index contributed by atoms with van der Waals surface area (Å²) >= 11 is 5.37. The Morgan fingerprint density at radius 3 is 2.69 bits per heavy atom. The zero-order valence-corrected chi connectivity index (χ0v) is 15.8. The Labute approximate surface area is 157 Å². The van der Waals surface area contributed by atoms with Gasteiger partial charge < -0.3 is 19.7 Å². The van der Waals surface area contributed by atoms with E-state index in [1.165, 1.54) is 13.2 Å². The summed E-state index contributed by atoms with van der Waals surface area (Å²) < 4.78 is 37.8. The number of thiocarbonyl (C=S) groups is 1. The molecule has 0 spiro atoms. The van der Waals surface area contributed by atoms with Crippen LogP contribution in [0.1, 0.15) is 31.9 Å². The third kappa shape index (κ3) is 4.37. The Hall–Kier alpha value is -2.06. The molecule has 0 bridgehead atoms. The largest absolute Gasteiger partial charge is 0.460 e. The minimum atomic E-state index is -0.855. The molecule has 1 aromatic rings. The minimum absolute atomic E-state index is 0.0724. The second kappa shape index (κ2) is 9.05. The Bertz CT molecular complexity index is 724. The first kappa shape index (κ1) is 20.3. The molecule has 2 rings (SSSR count). The molecule has 0 unspecified atom stereocenters. The summed E-state index contributed by atoms with van der Waals surface area (Å²) in [5.41, 5.74) is 0.961. The molecular formula is C18H22F2N2O3S. The van der Waals surface area contributed by atoms with Crippen molar-refractivity contribution in [3.05, 3.63) is 46.7 Å². The first-order valence-corrected chi connectivity index (χ1v) is 8.71. The molecule has 0 saturated carbocycles. The van der Waals surface area contributed by atoms with Gasteiger partial charge in [0, 0.05) is 31.0 Å². The van der Waals surface area contributed by atoms with Gasteiger partial charge in [-0.3, -0.25) is 0 Å². The van der Waals surface area contributed by atoms with Crippen LogP contribution in [0, 0.1) is 11.6 Å². The summed E-state index contributed by atoms with van der Waals surface area (Å²) in [6.07, 6.45) is 0.806. The Morgan fingerprint density at radius 2 is 2.08 bits per heavy atom. The maximum atomic E-state index is 14.3. The van der Waals surface area contributed by atoms with Crippen molar-refractivity contribution in [2.24, 2.45) is 0 Å². The highest BCUT2D eigenvalue weighted by molar-refractivity contribution is 7.80. The van der Waals surface area contributed by atoms with Gasteiger partial charge in [0.15, 0.2) is 5.11 Å². The fourth-order valence-corrected chi connectivity index (χ4v) is 3.15. The van der Waals surface area contributed by atoms with Crippen LogP contribution in [0.4, 0.5) is 8.78 Å². The van der Waals surface area contributed by atoms with Crippen molar-refractivity contribution >= 4 is 23.3 Å². The van der Waals surface area contributed by atoms with Crippen molar-refractivity contribution in [3.8, 4) is 0 Å². The van der Waals surface area contributed by atoms with Crippen LogP contribution < -0.4 is 5.32 Å². The lowest BCUT2D eigenvalue weighted by molar-refractivity contribution is -0.140. The van der Waals surface area contributed by atoms with Crippen molar-refractivity contribution in [3.63, 3.8) is 0 Å². The highest BCUT2D eigenvalue weighted by Gasteiger charge is 2.35. The second-order valence-electron chi connectivity index (χ2n) is 5.83. The zero-order valence-electron chi connectivity index (χ0n) is 15.0. The van der Waals surface area contributed by atoms with Crippen LogP contribution in [-0.2, 0) is 14.3 Å². The molecule has 1 aromatic carbocycles. The van der Waals surface area contributed by atoms with Gasteiger partial charge in [-0.25, -0.2) is 13.6 Å². The third-order valence-electron chi connectivity index (χ3n) is 4.06. The Kier molecular flexibility index (Phi) is 7.05. The molecule has 0 amide bonds. The number of halogens is 2. The van der Waals surface area contributed by atoms with Gasteiger partial charge in [-0.05, 0) is 31.6 Å². The van der Waals surface area contributed by atoms with E-state index in [1.807, 2.05) is 6.92 Å². The number of hydrogen-bond donors (Lipinski definition) is 1. The molecule has 0 saturated heterocycles. The number of ether oxygens (including phenoxy) is 2. The number of carbonyl (C=O) groups excluding carboxylic acids is 1. The fourth-order valence-electron chi connectivity index (χ4n) is 2.80. The predicted octanol–water partition coefficient (Wildman–Crippen LogP) is 3.07. The average Bonchev–Trinajstić information content (AvgIpc) is 2.58. The molecule has 1 atom stereocenters. The van der Waals surface area contributed by atoms with Gasteiger partial charge in [-0.1, -0.05) is 13.0 Å². The van der Waals surface area contributed by atoms with Crippen LogP contribution in [0.25, 0.3) is 0 Å². The molecule has 142 valence electrons. The van der Waals surface area contributed by atoms with Gasteiger partial charge in [0.25, 0.3) is 0 Å². The van der Waals surface area contributed by atoms with E-state index in [2.05, 4.69) is 5.32 Å². The number of esters is 1. The number of nitrogens with zero attached hydrogens (tertiary/aromatic N) is 1. The molecule has 1 heterocycles. The van der Waals surface area contributed by atoms with E-state index in [0.29, 0.717) is 17.4 Å². The van der Waals surface area contributed by atoms with E-state index < -0.39 is 23.6 Å². The van der Waals surface area contributed by atoms with Crippen molar-refractivity contribution in [1.82, 2.24) is 10.2 Å². The van der Waals surface area contributed by atoms with Crippen molar-refractivity contribution in [2.45, 2.75) is 26.3 Å². The molecule has 0 aliphatic carbocycles. The van der Waals surface area contributed by atoms with Gasteiger partial charge in [0.05, 0.1) is 18.2 Å². The summed E-state index contributed by atoms with van der Waals surface area (Å²) in [7, 11) is 1.50. The normalized spacial score (nSPS) is 17.3. The van der Waals surface area contributed by atoms with Gasteiger partial charge >= 0.3 is 5.97 Å². The van der Waals surface area contributed by atoms with Crippen LogP contribution in [0.3, 0.4) is 0 Å². The SMILES string of the molecule is CCCN1C(=S)N[C@@H](c2ccc(F)cc2F)C(C(=O)OCCOC)=C1C. The number of methoxy groups -OCH3 is 1. The summed E-state index contributed by atoms with van der Waals surface area (Å²) in [6.45, 7) is 4.65. The van der Waals surface area contributed by atoms with E-state index in [4.69, 9.17) is 21.7 Å². The molecule has 0 aromatic heterocycles. The zero-order chi connectivity index (χ0) is 19.3. The number of rotatable bonds is 7. The number of nitrogens with one attached hydrogen (secondary N) is 1. The van der Waals surface area contributed by atoms with Crippen LogP contribution in [0.5, 0.6) is 0 Å². The summed E-state index contributed by atoms with van der Waals surface area (Å²) in [4.78, 5) is 14.4. The molecule has 8 heteroatoms. The number of allylic oxidation sites excluding steroid dienone is 1. The molecule has 1 N–H and O–H groups in total. The highest BCUT2D eigenvalue weighted by Crippen LogP contribution is 2.33. The monoisotopic (exact) mass is 384 g/mol. The molecule has 26 heavy (non-hydrogen) atoms. The summed E-state index contributed by atoms with van der Waals surface area (Å²) in [5.74, 6) is -2.05. The quantitative estimate of drug-likeness (QED) is 0.443. The topological polar surface area (TPSA) is 50.8 Å². The lowest BCUT2D eigenvalue weighted by Gasteiger charge is -2.37. The standard InChI is InChI=1S/C18H22F2N2O3S/c1-4-7-22-11(2)15(17(23)25-9-8-24-3)16(21-18(22)26)13-6-5-12(19)10-14(13)20/h5-6,10,16H,4,7-9H2,1-3H3,(H,21,26)/t16-/m0/s1. The molecule has 1 aliphatic heterocycles. The molecule has 5 nitrogen and oxygen atoms in total. The van der Waals surface area contributed by atoms with Crippen molar-refractivity contribution in [1.29, 1.82) is 0 Å². The third-order valence-corrected chi connectivity index (χ3v) is 4.40. The fraction of sp³-hybridized carbons (Fsp3) is 0.444. The summed E-state index contributed by atoms with van der Waals surface area (Å²) in [6, 6.07) is 2.37. The van der Waals surface area contributed by atoms with Crippen LogP contribution >= 0.6 is 12.2 Å². The molecule has 0 fully saturated rings. The van der Waals surface area contributed by atoms with E-state index in [-0.39, 0.29) is 24.4 Å². The first-order chi connectivity index (χ1) is 12.4. The van der Waals surface area contributed by atoms with Crippen LogP contribution in [-0.4, -0.2) is 42.8 Å². The van der Waals surface area contributed by atoms with E-state index in [1.54, 1.807) is 11.8 Å². The van der Waals surface area contributed by atoms with E-state index >= 15 is 0 Å². The van der Waals surface area contributed by atoms with Gasteiger partial charge in [0.1, 0.15) is 18.2 Å². The lowest BCUT2D eigenvalue weighted by Crippen LogP contribution is -2.48. The molecule has 1 aliphatic rings. The second-order valence-corrected chi connectivity index (χ2v) is 6.21. The first-order valence-electron chi connectivity index (χ1n) is 8.30. The van der Waals surface area contributed by atoms with Gasteiger partial charge in [-0.2, -0.15) is 0 Å². The smallest absolute Gasteiger partial charge is 0.338 e. The van der Waals surface area contributed by atoms with Gasteiger partial charge in [-0.15, -0.1) is 0 Å². The average molecular weight is 384 g/mol. The minimum Gasteiger partial charge on any atom is -0.460 e. The predicted molar refractivity (Wildman–Crippen MR) is 97.4 cm³/mol. The number of carbonyl (C=O) groups is 1. The summed E-state index contributed by atoms with van der Waals surface area (Å²) in [5, 5.41) is 3.37. The maximum absolute atomic E-state index is 14.3. The van der Waals surface area contributed by atoms with Crippen LogP contribution in [0.15, 0.2) is 29.5 Å². The van der Waals surface area contributed by atoms with Gasteiger partial charge in [0.2, 0.25) is 0 Å². The van der Waals surface area contributed by atoms with E-state index in [9.17, 15) is 13.6 Å². The Morgan fingerprint density at radius 1 is 1.35 bits per heavy atom.